The Kier molecular flexibility index (Phi) is 1.90. The molecule has 0 aromatic carbocycles. The maximum atomic E-state index is 10.5. The van der Waals surface area contributed by atoms with Crippen LogP contribution in [0.2, 0.25) is 0 Å². The Morgan fingerprint density at radius 3 is 2.78 bits per heavy atom. The van der Waals surface area contributed by atoms with Crippen molar-refractivity contribution in [2.24, 2.45) is 5.92 Å². The van der Waals surface area contributed by atoms with E-state index in [-0.39, 0.29) is 11.9 Å². The van der Waals surface area contributed by atoms with Crippen LogP contribution in [0, 0.1) is 5.92 Å². The molecule has 50 valence electrons. The molecule has 0 aliphatic carbocycles. The van der Waals surface area contributed by atoms with Crippen LogP contribution in [0.25, 0.3) is 0 Å². The maximum absolute atomic E-state index is 10.5. The summed E-state index contributed by atoms with van der Waals surface area (Å²) in [4.78, 5) is 10.5. The molecular weight excluding hydrogens is 184 g/mol. The Morgan fingerprint density at radius 2 is 2.56 bits per heavy atom. The number of hydrogen-bond donors (Lipinski definition) is 0. The van der Waals surface area contributed by atoms with Gasteiger partial charge in [-0.15, -0.1) is 0 Å². The monoisotopic (exact) mass is 190 g/mol. The zero-order chi connectivity index (χ0) is 6.85. The number of halogens is 1. The summed E-state index contributed by atoms with van der Waals surface area (Å²) < 4.78 is 5.55. The van der Waals surface area contributed by atoms with E-state index in [0.29, 0.717) is 13.0 Å². The number of rotatable bonds is 1. The minimum Gasteiger partial charge on any atom is -0.465 e. The average Bonchev–Trinajstić information content (AvgIpc) is 2.14. The van der Waals surface area contributed by atoms with E-state index in [2.05, 4.69) is 22.5 Å². The molecule has 1 aliphatic rings. The van der Waals surface area contributed by atoms with Gasteiger partial charge in [-0.05, 0) is 4.48 Å². The molecule has 0 amide bonds. The average molecular weight is 191 g/mol. The molecule has 0 radical (unpaired) electrons. The summed E-state index contributed by atoms with van der Waals surface area (Å²) in [6.07, 6.45) is 0.476. The van der Waals surface area contributed by atoms with Crippen molar-refractivity contribution in [2.45, 2.75) is 6.42 Å². The van der Waals surface area contributed by atoms with E-state index < -0.39 is 0 Å². The fourth-order valence-corrected chi connectivity index (χ4v) is 1.01. The highest BCUT2D eigenvalue weighted by Gasteiger charge is 2.24. The van der Waals surface area contributed by atoms with Gasteiger partial charge in [0.15, 0.2) is 0 Å². The highest BCUT2D eigenvalue weighted by atomic mass is 79.9. The molecule has 2 nitrogen and oxygen atoms in total. The molecule has 0 bridgehead atoms. The van der Waals surface area contributed by atoms with Gasteiger partial charge in [-0.2, -0.15) is 0 Å². The zero-order valence-corrected chi connectivity index (χ0v) is 6.48. The first-order valence-corrected chi connectivity index (χ1v) is 3.49. The normalized spacial score (nSPS) is 25.9. The van der Waals surface area contributed by atoms with Crippen LogP contribution < -0.4 is 0 Å². The van der Waals surface area contributed by atoms with Crippen LogP contribution in [-0.4, -0.2) is 12.6 Å². The lowest BCUT2D eigenvalue weighted by molar-refractivity contribution is -0.137. The van der Waals surface area contributed by atoms with Crippen LogP contribution in [0.5, 0.6) is 0 Å². The summed E-state index contributed by atoms with van der Waals surface area (Å²) in [5.74, 6) is 0.0677. The first kappa shape index (κ1) is 6.81. The molecule has 0 N–H and O–H groups in total. The van der Waals surface area contributed by atoms with Crippen LogP contribution >= 0.6 is 15.9 Å². The Hall–Kier alpha value is -0.310. The first-order chi connectivity index (χ1) is 4.20. The van der Waals surface area contributed by atoms with Crippen molar-refractivity contribution in [3.8, 4) is 0 Å². The molecule has 0 spiro atoms. The van der Waals surface area contributed by atoms with E-state index >= 15 is 0 Å². The lowest BCUT2D eigenvalue weighted by Gasteiger charge is -1.99. The van der Waals surface area contributed by atoms with Gasteiger partial charge in [0.25, 0.3) is 0 Å². The summed E-state index contributed by atoms with van der Waals surface area (Å²) in [6.45, 7) is 4.15. The Morgan fingerprint density at radius 1 is 1.89 bits per heavy atom. The minimum absolute atomic E-state index is 0.124. The van der Waals surface area contributed by atoms with E-state index in [9.17, 15) is 4.79 Å². The van der Waals surface area contributed by atoms with Crippen molar-refractivity contribution in [2.75, 3.05) is 6.61 Å². The van der Waals surface area contributed by atoms with E-state index in [1.54, 1.807) is 0 Å². The van der Waals surface area contributed by atoms with E-state index in [4.69, 9.17) is 4.74 Å². The third kappa shape index (κ3) is 1.55. The smallest absolute Gasteiger partial charge is 0.306 e. The second kappa shape index (κ2) is 2.52. The maximum Gasteiger partial charge on any atom is 0.306 e. The summed E-state index contributed by atoms with van der Waals surface area (Å²) in [5, 5.41) is 0. The van der Waals surface area contributed by atoms with Crippen LogP contribution in [-0.2, 0) is 9.53 Å². The Labute approximate surface area is 62.0 Å². The molecular formula is C6H7BrO2. The van der Waals surface area contributed by atoms with Crippen molar-refractivity contribution < 1.29 is 9.53 Å². The molecule has 1 atom stereocenters. The molecule has 1 fully saturated rings. The molecule has 1 rings (SSSR count). The summed E-state index contributed by atoms with van der Waals surface area (Å²) in [7, 11) is 0. The molecule has 1 saturated heterocycles. The van der Waals surface area contributed by atoms with Crippen molar-refractivity contribution in [1.82, 2.24) is 0 Å². The predicted molar refractivity (Wildman–Crippen MR) is 37.1 cm³/mol. The fourth-order valence-electron chi connectivity index (χ4n) is 0.714. The molecule has 1 aliphatic heterocycles. The molecule has 1 heterocycles. The topological polar surface area (TPSA) is 26.3 Å². The lowest BCUT2D eigenvalue weighted by Crippen LogP contribution is -1.96. The van der Waals surface area contributed by atoms with Crippen LogP contribution in [0.1, 0.15) is 6.42 Å². The molecule has 0 saturated carbocycles. The highest BCUT2D eigenvalue weighted by molar-refractivity contribution is 9.11. The molecule has 0 aromatic rings. The van der Waals surface area contributed by atoms with Crippen molar-refractivity contribution in [3.63, 3.8) is 0 Å². The van der Waals surface area contributed by atoms with Gasteiger partial charge in [-0.3, -0.25) is 4.79 Å². The second-order valence-corrected chi connectivity index (χ2v) is 3.05. The van der Waals surface area contributed by atoms with E-state index in [1.807, 2.05) is 0 Å². The predicted octanol–water partition coefficient (Wildman–Crippen LogP) is 1.46. The molecule has 9 heavy (non-hydrogen) atoms. The van der Waals surface area contributed by atoms with Gasteiger partial charge in [0.05, 0.1) is 13.0 Å². The second-order valence-electron chi connectivity index (χ2n) is 2.03. The summed E-state index contributed by atoms with van der Waals surface area (Å²) >= 11 is 3.20. The van der Waals surface area contributed by atoms with Crippen LogP contribution in [0.4, 0.5) is 0 Å². The number of carbonyl (C=O) groups excluding carboxylic acids is 1. The third-order valence-corrected chi connectivity index (χ3v) is 1.95. The molecule has 1 unspecified atom stereocenters. The number of ether oxygens (including phenoxy) is 1. The number of cyclic esters (lactones) is 1. The zero-order valence-electron chi connectivity index (χ0n) is 4.89. The van der Waals surface area contributed by atoms with Gasteiger partial charge < -0.3 is 4.74 Å². The van der Waals surface area contributed by atoms with Gasteiger partial charge in [0.1, 0.15) is 0 Å². The van der Waals surface area contributed by atoms with Crippen molar-refractivity contribution in [1.29, 1.82) is 0 Å². The number of hydrogen-bond acceptors (Lipinski definition) is 2. The quantitative estimate of drug-likeness (QED) is 0.586. The largest absolute Gasteiger partial charge is 0.465 e. The first-order valence-electron chi connectivity index (χ1n) is 2.70. The van der Waals surface area contributed by atoms with Crippen LogP contribution in [0.15, 0.2) is 11.1 Å². The number of carbonyl (C=O) groups is 1. The Balaban J connectivity index is 2.48. The van der Waals surface area contributed by atoms with Gasteiger partial charge in [-0.1, -0.05) is 22.5 Å². The Bertz CT molecular complexity index is 153. The lowest BCUT2D eigenvalue weighted by atomic mass is 10.1. The van der Waals surface area contributed by atoms with E-state index in [0.717, 1.165) is 4.48 Å². The fraction of sp³-hybridized carbons (Fsp3) is 0.500. The van der Waals surface area contributed by atoms with Gasteiger partial charge in [0.2, 0.25) is 0 Å². The SMILES string of the molecule is C=C(Br)C1COC(=O)C1. The standard InChI is InChI=1S/C6H7BrO2/c1-4(7)5-2-6(8)9-3-5/h5H,1-3H2. The van der Waals surface area contributed by atoms with E-state index in [1.165, 1.54) is 0 Å². The van der Waals surface area contributed by atoms with Gasteiger partial charge >= 0.3 is 5.97 Å². The third-order valence-electron chi connectivity index (χ3n) is 1.30. The van der Waals surface area contributed by atoms with Crippen molar-refractivity contribution >= 4 is 21.9 Å². The van der Waals surface area contributed by atoms with Gasteiger partial charge in [0, 0.05) is 5.92 Å². The molecule has 0 aromatic heterocycles. The highest BCUT2D eigenvalue weighted by Crippen LogP contribution is 2.24. The molecule has 3 heteroatoms. The summed E-state index contributed by atoms with van der Waals surface area (Å²) in [6, 6.07) is 0. The summed E-state index contributed by atoms with van der Waals surface area (Å²) in [5.41, 5.74) is 0. The number of esters is 1. The van der Waals surface area contributed by atoms with Crippen LogP contribution in [0.3, 0.4) is 0 Å². The van der Waals surface area contributed by atoms with Gasteiger partial charge in [-0.25, -0.2) is 0 Å². The minimum atomic E-state index is -0.124. The van der Waals surface area contributed by atoms with Crippen molar-refractivity contribution in [3.05, 3.63) is 11.1 Å².